The predicted octanol–water partition coefficient (Wildman–Crippen LogP) is 1.96. The van der Waals surface area contributed by atoms with Crippen molar-refractivity contribution in [1.82, 2.24) is 20.2 Å². The molecule has 1 saturated heterocycles. The number of nitrogens with zero attached hydrogens (tertiary/aromatic N) is 4. The topological polar surface area (TPSA) is 91.6 Å². The molecule has 0 saturated carbocycles. The van der Waals surface area contributed by atoms with E-state index in [9.17, 15) is 9.59 Å². The van der Waals surface area contributed by atoms with Crippen molar-refractivity contribution in [2.75, 3.05) is 31.1 Å². The summed E-state index contributed by atoms with van der Waals surface area (Å²) >= 11 is 0. The lowest BCUT2D eigenvalue weighted by Gasteiger charge is -2.35. The van der Waals surface area contributed by atoms with E-state index in [1.54, 1.807) is 47.7 Å². The zero-order valence-electron chi connectivity index (χ0n) is 15.8. The van der Waals surface area contributed by atoms with Crippen molar-refractivity contribution in [3.8, 4) is 0 Å². The van der Waals surface area contributed by atoms with Crippen LogP contribution >= 0.6 is 0 Å². The molecule has 0 radical (unpaired) electrons. The predicted molar refractivity (Wildman–Crippen MR) is 106 cm³/mol. The van der Waals surface area contributed by atoms with Gasteiger partial charge in [0.1, 0.15) is 23.0 Å². The summed E-state index contributed by atoms with van der Waals surface area (Å²) in [6.45, 7) is 2.82. The first-order valence-corrected chi connectivity index (χ1v) is 9.43. The highest BCUT2D eigenvalue weighted by atomic mass is 16.3. The molecule has 0 unspecified atom stereocenters. The molecular formula is C21H21N5O3. The zero-order valence-corrected chi connectivity index (χ0v) is 15.8. The second kappa shape index (κ2) is 8.55. The molecule has 8 heteroatoms. The van der Waals surface area contributed by atoms with Gasteiger partial charge in [-0.25, -0.2) is 9.97 Å². The average Bonchev–Trinajstić information content (AvgIpc) is 3.31. The number of carbonyl (C=O) groups is 2. The van der Waals surface area contributed by atoms with Crippen LogP contribution in [-0.4, -0.2) is 52.9 Å². The molecule has 1 aliphatic rings. The third-order valence-electron chi connectivity index (χ3n) is 4.74. The van der Waals surface area contributed by atoms with E-state index in [4.69, 9.17) is 4.42 Å². The third kappa shape index (κ3) is 4.43. The molecule has 3 aromatic heterocycles. The number of amides is 2. The molecule has 3 aromatic rings. The maximum Gasteiger partial charge on any atom is 0.272 e. The Kier molecular flexibility index (Phi) is 5.51. The molecule has 2 amide bonds. The monoisotopic (exact) mass is 391 g/mol. The third-order valence-corrected chi connectivity index (χ3v) is 4.74. The lowest BCUT2D eigenvalue weighted by Crippen LogP contribution is -2.49. The molecule has 4 heterocycles. The molecule has 0 bridgehead atoms. The second-order valence-corrected chi connectivity index (χ2v) is 6.64. The number of piperazine rings is 1. The largest absolute Gasteiger partial charge is 0.467 e. The summed E-state index contributed by atoms with van der Waals surface area (Å²) < 4.78 is 5.20. The minimum atomic E-state index is -0.351. The van der Waals surface area contributed by atoms with E-state index in [0.29, 0.717) is 31.9 Å². The molecule has 148 valence electrons. The van der Waals surface area contributed by atoms with E-state index < -0.39 is 0 Å². The highest BCUT2D eigenvalue weighted by Gasteiger charge is 2.24. The summed E-state index contributed by atoms with van der Waals surface area (Å²) in [5.74, 6) is 1.03. The number of hydrogen-bond donors (Lipinski definition) is 1. The van der Waals surface area contributed by atoms with Crippen molar-refractivity contribution in [2.45, 2.75) is 6.54 Å². The summed E-state index contributed by atoms with van der Waals surface area (Å²) in [5.41, 5.74) is 0.469. The maximum atomic E-state index is 12.8. The van der Waals surface area contributed by atoms with Gasteiger partial charge < -0.3 is 19.5 Å². The lowest BCUT2D eigenvalue weighted by molar-refractivity contribution is 0.0740. The fraction of sp³-hybridized carbons (Fsp3) is 0.238. The van der Waals surface area contributed by atoms with Crippen LogP contribution in [0.3, 0.4) is 0 Å². The number of carbonyl (C=O) groups excluding carboxylic acids is 2. The zero-order chi connectivity index (χ0) is 20.1. The van der Waals surface area contributed by atoms with Gasteiger partial charge in [-0.05, 0) is 36.4 Å². The van der Waals surface area contributed by atoms with E-state index in [2.05, 4.69) is 20.2 Å². The van der Waals surface area contributed by atoms with Crippen molar-refractivity contribution < 1.29 is 14.0 Å². The van der Waals surface area contributed by atoms with Crippen molar-refractivity contribution in [3.05, 3.63) is 78.1 Å². The van der Waals surface area contributed by atoms with Crippen molar-refractivity contribution >= 4 is 17.6 Å². The standard InChI is InChI=1S/C21H21N5O3/c27-20(23-15-16-5-4-14-29-16)17-6-3-7-18(24-17)21(28)26-12-10-25(11-13-26)19-8-1-2-9-22-19/h1-9,14H,10-13,15H2,(H,23,27). The van der Waals surface area contributed by atoms with Crippen LogP contribution in [0.15, 0.2) is 65.4 Å². The van der Waals surface area contributed by atoms with E-state index in [-0.39, 0.29) is 29.7 Å². The van der Waals surface area contributed by atoms with Gasteiger partial charge in [-0.2, -0.15) is 0 Å². The smallest absolute Gasteiger partial charge is 0.272 e. The SMILES string of the molecule is O=C(NCc1ccco1)c1cccc(C(=O)N2CCN(c3ccccn3)CC2)n1. The molecule has 0 aliphatic carbocycles. The number of rotatable bonds is 5. The molecule has 0 spiro atoms. The van der Waals surface area contributed by atoms with Gasteiger partial charge in [0.25, 0.3) is 11.8 Å². The Balaban J connectivity index is 1.36. The van der Waals surface area contributed by atoms with Gasteiger partial charge in [0.2, 0.25) is 0 Å². The van der Waals surface area contributed by atoms with Gasteiger partial charge in [0, 0.05) is 32.4 Å². The number of pyridine rings is 2. The average molecular weight is 391 g/mol. The van der Waals surface area contributed by atoms with Crippen LogP contribution in [0.4, 0.5) is 5.82 Å². The van der Waals surface area contributed by atoms with Crippen LogP contribution in [0.2, 0.25) is 0 Å². The van der Waals surface area contributed by atoms with Gasteiger partial charge in [-0.1, -0.05) is 12.1 Å². The Labute approximate surface area is 168 Å². The van der Waals surface area contributed by atoms with Gasteiger partial charge in [0.15, 0.2) is 0 Å². The number of anilines is 1. The van der Waals surface area contributed by atoms with Gasteiger partial charge in [-0.3, -0.25) is 9.59 Å². The Hall–Kier alpha value is -3.68. The highest BCUT2D eigenvalue weighted by Crippen LogP contribution is 2.14. The minimum absolute atomic E-state index is 0.175. The normalized spacial score (nSPS) is 13.9. The number of nitrogens with one attached hydrogen (secondary N) is 1. The van der Waals surface area contributed by atoms with Gasteiger partial charge in [-0.15, -0.1) is 0 Å². The number of aromatic nitrogens is 2. The Morgan fingerprint density at radius 2 is 1.79 bits per heavy atom. The summed E-state index contributed by atoms with van der Waals surface area (Å²) in [6, 6.07) is 14.2. The van der Waals surface area contributed by atoms with Crippen LogP contribution in [0, 0.1) is 0 Å². The second-order valence-electron chi connectivity index (χ2n) is 6.64. The van der Waals surface area contributed by atoms with E-state index >= 15 is 0 Å². The Morgan fingerprint density at radius 1 is 0.966 bits per heavy atom. The van der Waals surface area contributed by atoms with Crippen LogP contribution in [-0.2, 0) is 6.54 Å². The summed E-state index contributed by atoms with van der Waals surface area (Å²) in [5, 5.41) is 2.74. The lowest BCUT2D eigenvalue weighted by atomic mass is 10.2. The van der Waals surface area contributed by atoms with Crippen LogP contribution in [0.1, 0.15) is 26.7 Å². The molecule has 0 atom stereocenters. The fourth-order valence-electron chi connectivity index (χ4n) is 3.19. The molecule has 1 fully saturated rings. The minimum Gasteiger partial charge on any atom is -0.467 e. The van der Waals surface area contributed by atoms with E-state index in [1.165, 1.54) is 0 Å². The van der Waals surface area contributed by atoms with Crippen LogP contribution < -0.4 is 10.2 Å². The first kappa shape index (κ1) is 18.7. The summed E-state index contributed by atoms with van der Waals surface area (Å²) in [6.07, 6.45) is 3.31. The Morgan fingerprint density at radius 3 is 2.52 bits per heavy atom. The maximum absolute atomic E-state index is 12.8. The summed E-state index contributed by atoms with van der Waals surface area (Å²) in [4.78, 5) is 37.7. The number of hydrogen-bond acceptors (Lipinski definition) is 6. The van der Waals surface area contributed by atoms with Crippen LogP contribution in [0.5, 0.6) is 0 Å². The van der Waals surface area contributed by atoms with Crippen LogP contribution in [0.25, 0.3) is 0 Å². The molecule has 0 aromatic carbocycles. The van der Waals surface area contributed by atoms with Gasteiger partial charge in [0.05, 0.1) is 12.8 Å². The summed E-state index contributed by atoms with van der Waals surface area (Å²) in [7, 11) is 0. The van der Waals surface area contributed by atoms with Crippen molar-refractivity contribution in [3.63, 3.8) is 0 Å². The molecule has 8 nitrogen and oxygen atoms in total. The molecule has 1 aliphatic heterocycles. The van der Waals surface area contributed by atoms with Crippen molar-refractivity contribution in [1.29, 1.82) is 0 Å². The first-order chi connectivity index (χ1) is 14.2. The highest BCUT2D eigenvalue weighted by molar-refractivity contribution is 5.96. The molecular weight excluding hydrogens is 370 g/mol. The quantitative estimate of drug-likeness (QED) is 0.715. The molecule has 29 heavy (non-hydrogen) atoms. The van der Waals surface area contributed by atoms with E-state index in [1.807, 2.05) is 18.2 Å². The fourth-order valence-corrected chi connectivity index (χ4v) is 3.19. The van der Waals surface area contributed by atoms with E-state index in [0.717, 1.165) is 5.82 Å². The molecule has 1 N–H and O–H groups in total. The molecule has 4 rings (SSSR count). The van der Waals surface area contributed by atoms with Crippen molar-refractivity contribution in [2.24, 2.45) is 0 Å². The van der Waals surface area contributed by atoms with Gasteiger partial charge >= 0.3 is 0 Å². The first-order valence-electron chi connectivity index (χ1n) is 9.43. The Bertz CT molecular complexity index is 967. The number of furan rings is 1.